The fourth-order valence-corrected chi connectivity index (χ4v) is 2.76. The van der Waals surface area contributed by atoms with Crippen LogP contribution in [0.15, 0.2) is 47.4 Å². The summed E-state index contributed by atoms with van der Waals surface area (Å²) >= 11 is 0. The van der Waals surface area contributed by atoms with E-state index in [4.69, 9.17) is 4.18 Å². The molecule has 0 aliphatic heterocycles. The van der Waals surface area contributed by atoms with E-state index in [9.17, 15) is 8.42 Å². The van der Waals surface area contributed by atoms with Gasteiger partial charge in [-0.2, -0.15) is 8.42 Å². The van der Waals surface area contributed by atoms with Crippen LogP contribution >= 0.6 is 0 Å². The van der Waals surface area contributed by atoms with Gasteiger partial charge >= 0.3 is 0 Å². The van der Waals surface area contributed by atoms with Gasteiger partial charge in [0.15, 0.2) is 0 Å². The van der Waals surface area contributed by atoms with Crippen LogP contribution in [0.1, 0.15) is 22.3 Å². The highest BCUT2D eigenvalue weighted by Gasteiger charge is 2.15. The lowest BCUT2D eigenvalue weighted by Gasteiger charge is -2.09. The van der Waals surface area contributed by atoms with Gasteiger partial charge in [0.05, 0.1) is 11.5 Å². The Labute approximate surface area is 120 Å². The lowest BCUT2D eigenvalue weighted by atomic mass is 10.1. The minimum absolute atomic E-state index is 0.0592. The maximum absolute atomic E-state index is 12.1. The molecule has 0 spiro atoms. The number of hydrogen-bond acceptors (Lipinski definition) is 3. The van der Waals surface area contributed by atoms with Crippen molar-refractivity contribution in [3.63, 3.8) is 0 Å². The van der Waals surface area contributed by atoms with Crippen molar-refractivity contribution in [1.29, 1.82) is 0 Å². The number of aryl methyl sites for hydroxylation is 3. The molecule has 0 aliphatic carbocycles. The van der Waals surface area contributed by atoms with Crippen molar-refractivity contribution >= 4 is 10.1 Å². The fourth-order valence-electron chi connectivity index (χ4n) is 1.87. The highest BCUT2D eigenvalue weighted by molar-refractivity contribution is 7.86. The highest BCUT2D eigenvalue weighted by atomic mass is 32.2. The SMILES string of the molecule is Cc1ccc(S(=O)(=O)OCc2cc(C)ccc2C)cc1. The maximum atomic E-state index is 12.1. The van der Waals surface area contributed by atoms with E-state index in [0.29, 0.717) is 0 Å². The summed E-state index contributed by atoms with van der Waals surface area (Å²) in [5.74, 6) is 0. The van der Waals surface area contributed by atoms with Crippen LogP contribution in [0, 0.1) is 20.8 Å². The van der Waals surface area contributed by atoms with Gasteiger partial charge in [-0.1, -0.05) is 41.5 Å². The van der Waals surface area contributed by atoms with Gasteiger partial charge < -0.3 is 0 Å². The Morgan fingerprint density at radius 1 is 0.900 bits per heavy atom. The average Bonchev–Trinajstić information content (AvgIpc) is 2.40. The Morgan fingerprint density at radius 2 is 1.50 bits per heavy atom. The lowest BCUT2D eigenvalue weighted by Crippen LogP contribution is -2.07. The Balaban J connectivity index is 2.17. The van der Waals surface area contributed by atoms with Gasteiger partial charge in [0, 0.05) is 0 Å². The molecule has 0 aliphatic rings. The van der Waals surface area contributed by atoms with Crippen LogP contribution in [-0.2, 0) is 20.9 Å². The van der Waals surface area contributed by atoms with Gasteiger partial charge in [-0.15, -0.1) is 0 Å². The van der Waals surface area contributed by atoms with Gasteiger partial charge in [0.2, 0.25) is 0 Å². The molecule has 0 bridgehead atoms. The Morgan fingerprint density at radius 3 is 2.15 bits per heavy atom. The monoisotopic (exact) mass is 290 g/mol. The van der Waals surface area contributed by atoms with Crippen molar-refractivity contribution in [1.82, 2.24) is 0 Å². The molecule has 0 radical (unpaired) electrons. The van der Waals surface area contributed by atoms with Gasteiger partial charge in [-0.05, 0) is 44.0 Å². The summed E-state index contributed by atoms with van der Waals surface area (Å²) in [6.07, 6.45) is 0. The number of hydrogen-bond donors (Lipinski definition) is 0. The van der Waals surface area contributed by atoms with Crippen molar-refractivity contribution in [3.05, 3.63) is 64.7 Å². The van der Waals surface area contributed by atoms with E-state index in [1.807, 2.05) is 39.0 Å². The quantitative estimate of drug-likeness (QED) is 0.809. The largest absolute Gasteiger partial charge is 0.297 e. The molecule has 0 aromatic heterocycles. The summed E-state index contributed by atoms with van der Waals surface area (Å²) in [6.45, 7) is 5.88. The fraction of sp³-hybridized carbons (Fsp3) is 0.250. The molecule has 0 heterocycles. The van der Waals surface area contributed by atoms with Crippen LogP contribution in [0.3, 0.4) is 0 Å². The molecule has 2 aromatic rings. The zero-order chi connectivity index (χ0) is 14.8. The first-order valence-corrected chi connectivity index (χ1v) is 7.81. The highest BCUT2D eigenvalue weighted by Crippen LogP contribution is 2.17. The zero-order valence-corrected chi connectivity index (χ0v) is 12.7. The maximum Gasteiger partial charge on any atom is 0.297 e. The third-order valence-electron chi connectivity index (χ3n) is 3.18. The second-order valence-corrected chi connectivity index (χ2v) is 6.57. The van der Waals surface area contributed by atoms with Gasteiger partial charge in [0.25, 0.3) is 10.1 Å². The lowest BCUT2D eigenvalue weighted by molar-refractivity contribution is 0.307. The second-order valence-electron chi connectivity index (χ2n) is 4.96. The molecule has 20 heavy (non-hydrogen) atoms. The molecule has 106 valence electrons. The molecule has 0 unspecified atom stereocenters. The molecule has 0 fully saturated rings. The van der Waals surface area contributed by atoms with E-state index in [-0.39, 0.29) is 11.5 Å². The van der Waals surface area contributed by atoms with Crippen LogP contribution in [0.5, 0.6) is 0 Å². The molecular formula is C16H18O3S. The smallest absolute Gasteiger partial charge is 0.262 e. The predicted molar refractivity (Wildman–Crippen MR) is 79.1 cm³/mol. The summed E-state index contributed by atoms with van der Waals surface area (Å²) in [5.41, 5.74) is 4.01. The third-order valence-corrected chi connectivity index (χ3v) is 4.46. The summed E-state index contributed by atoms with van der Waals surface area (Å²) in [6, 6.07) is 12.5. The van der Waals surface area contributed by atoms with E-state index < -0.39 is 10.1 Å². The minimum Gasteiger partial charge on any atom is -0.262 e. The van der Waals surface area contributed by atoms with Crippen molar-refractivity contribution < 1.29 is 12.6 Å². The Hall–Kier alpha value is -1.65. The topological polar surface area (TPSA) is 43.4 Å². The first-order chi connectivity index (χ1) is 9.38. The molecule has 0 amide bonds. The van der Waals surface area contributed by atoms with Gasteiger partial charge in [-0.25, -0.2) is 0 Å². The van der Waals surface area contributed by atoms with Crippen molar-refractivity contribution in [2.24, 2.45) is 0 Å². The first-order valence-electron chi connectivity index (χ1n) is 6.41. The molecule has 4 heteroatoms. The van der Waals surface area contributed by atoms with Crippen LogP contribution < -0.4 is 0 Å². The first kappa shape index (κ1) is 14.8. The summed E-state index contributed by atoms with van der Waals surface area (Å²) in [7, 11) is -3.70. The minimum atomic E-state index is -3.70. The van der Waals surface area contributed by atoms with Crippen LogP contribution in [0.25, 0.3) is 0 Å². The summed E-state index contributed by atoms with van der Waals surface area (Å²) < 4.78 is 29.3. The predicted octanol–water partition coefficient (Wildman–Crippen LogP) is 3.52. The van der Waals surface area contributed by atoms with Crippen LogP contribution in [0.2, 0.25) is 0 Å². The molecular weight excluding hydrogens is 272 g/mol. The Kier molecular flexibility index (Phi) is 4.26. The van der Waals surface area contributed by atoms with E-state index in [1.165, 1.54) is 0 Å². The van der Waals surface area contributed by atoms with E-state index in [0.717, 1.165) is 22.3 Å². The summed E-state index contributed by atoms with van der Waals surface area (Å²) in [4.78, 5) is 0.188. The molecule has 0 N–H and O–H groups in total. The van der Waals surface area contributed by atoms with Crippen molar-refractivity contribution in [3.8, 4) is 0 Å². The molecule has 0 saturated carbocycles. The normalized spacial score (nSPS) is 11.6. The standard InChI is InChI=1S/C16H18O3S/c1-12-5-8-16(9-6-12)20(17,18)19-11-15-10-13(2)4-7-14(15)3/h4-10H,11H2,1-3H3. The van der Waals surface area contributed by atoms with Crippen LogP contribution in [-0.4, -0.2) is 8.42 Å². The van der Waals surface area contributed by atoms with E-state index in [2.05, 4.69) is 0 Å². The van der Waals surface area contributed by atoms with Crippen LogP contribution in [0.4, 0.5) is 0 Å². The van der Waals surface area contributed by atoms with E-state index >= 15 is 0 Å². The molecule has 3 nitrogen and oxygen atoms in total. The van der Waals surface area contributed by atoms with Gasteiger partial charge in [-0.3, -0.25) is 4.18 Å². The third kappa shape index (κ3) is 3.46. The zero-order valence-electron chi connectivity index (χ0n) is 11.9. The van der Waals surface area contributed by atoms with Gasteiger partial charge in [0.1, 0.15) is 0 Å². The second kappa shape index (κ2) is 5.77. The average molecular weight is 290 g/mol. The molecule has 2 aromatic carbocycles. The molecule has 0 saturated heterocycles. The van der Waals surface area contributed by atoms with E-state index in [1.54, 1.807) is 24.3 Å². The number of rotatable bonds is 4. The Bertz CT molecular complexity index is 701. The summed E-state index contributed by atoms with van der Waals surface area (Å²) in [5, 5.41) is 0. The van der Waals surface area contributed by atoms with Crippen molar-refractivity contribution in [2.45, 2.75) is 32.3 Å². The molecule has 0 atom stereocenters. The van der Waals surface area contributed by atoms with Crippen molar-refractivity contribution in [2.75, 3.05) is 0 Å². The molecule has 2 rings (SSSR count). The number of benzene rings is 2.